The maximum atomic E-state index is 13.9. The van der Waals surface area contributed by atoms with E-state index in [9.17, 15) is 8.78 Å². The number of para-hydroxylation sites is 1. The molecule has 0 saturated carbocycles. The van der Waals surface area contributed by atoms with E-state index < -0.39 is 11.6 Å². The van der Waals surface area contributed by atoms with E-state index in [0.29, 0.717) is 13.1 Å². The maximum Gasteiger partial charge on any atom is 0.191 e. The fourth-order valence-corrected chi connectivity index (χ4v) is 3.78. The number of aliphatic imine (C=N–C) groups is 1. The summed E-state index contributed by atoms with van der Waals surface area (Å²) in [6.07, 6.45) is 4.54. The highest BCUT2D eigenvalue weighted by atomic mass is 19.1. The van der Waals surface area contributed by atoms with Gasteiger partial charge in [0, 0.05) is 32.7 Å². The van der Waals surface area contributed by atoms with Crippen LogP contribution in [-0.4, -0.2) is 63.2 Å². The van der Waals surface area contributed by atoms with Crippen LogP contribution in [0.1, 0.15) is 25.7 Å². The number of anilines is 1. The van der Waals surface area contributed by atoms with Gasteiger partial charge in [-0.2, -0.15) is 0 Å². The van der Waals surface area contributed by atoms with Gasteiger partial charge in [0.25, 0.3) is 0 Å². The second kappa shape index (κ2) is 9.16. The van der Waals surface area contributed by atoms with Crippen molar-refractivity contribution >= 4 is 11.6 Å². The molecule has 0 aromatic heterocycles. The molecule has 1 atom stereocenters. The van der Waals surface area contributed by atoms with Gasteiger partial charge in [-0.25, -0.2) is 8.78 Å². The van der Waals surface area contributed by atoms with E-state index in [-0.39, 0.29) is 11.7 Å². The Balaban J connectivity index is 1.43. The quantitative estimate of drug-likeness (QED) is 0.461. The molecule has 2 aliphatic rings. The first kappa shape index (κ1) is 18.9. The number of benzene rings is 1. The van der Waals surface area contributed by atoms with E-state index in [0.717, 1.165) is 31.9 Å². The van der Waals surface area contributed by atoms with Gasteiger partial charge in [-0.1, -0.05) is 6.07 Å². The summed E-state index contributed by atoms with van der Waals surface area (Å²) in [7, 11) is 1.75. The molecule has 144 valence electrons. The summed E-state index contributed by atoms with van der Waals surface area (Å²) >= 11 is 0. The second-order valence-electron chi connectivity index (χ2n) is 7.05. The van der Waals surface area contributed by atoms with Crippen LogP contribution in [0.3, 0.4) is 0 Å². The largest absolute Gasteiger partial charge is 0.365 e. The van der Waals surface area contributed by atoms with Crippen LogP contribution in [0.5, 0.6) is 0 Å². The molecule has 3 rings (SSSR count). The van der Waals surface area contributed by atoms with Crippen molar-refractivity contribution in [2.45, 2.75) is 31.7 Å². The van der Waals surface area contributed by atoms with E-state index in [1.807, 2.05) is 0 Å². The van der Waals surface area contributed by atoms with Crippen molar-refractivity contribution in [1.82, 2.24) is 15.5 Å². The van der Waals surface area contributed by atoms with Crippen LogP contribution in [0.15, 0.2) is 23.2 Å². The number of likely N-dealkylation sites (tertiary alicyclic amines) is 1. The number of nitrogens with zero attached hydrogens (tertiary/aromatic N) is 3. The first-order chi connectivity index (χ1) is 12.7. The Morgan fingerprint density at radius 1 is 1.19 bits per heavy atom. The Morgan fingerprint density at radius 2 is 1.92 bits per heavy atom. The first-order valence-electron chi connectivity index (χ1n) is 9.56. The molecule has 0 aliphatic carbocycles. The molecule has 0 bridgehead atoms. The van der Waals surface area contributed by atoms with Crippen LogP contribution < -0.4 is 15.5 Å². The molecule has 5 nitrogen and oxygen atoms in total. The zero-order valence-corrected chi connectivity index (χ0v) is 15.5. The fourth-order valence-electron chi connectivity index (χ4n) is 3.78. The van der Waals surface area contributed by atoms with Crippen molar-refractivity contribution in [2.24, 2.45) is 4.99 Å². The Labute approximate surface area is 154 Å². The molecule has 26 heavy (non-hydrogen) atoms. The first-order valence-corrected chi connectivity index (χ1v) is 9.56. The molecule has 1 unspecified atom stereocenters. The lowest BCUT2D eigenvalue weighted by Gasteiger charge is -2.21. The molecule has 0 amide bonds. The standard InChI is InChI=1S/C19H29F2N5/c1-22-19(23-9-5-12-25-10-2-3-11-25)24-15-8-13-26(14-15)18-16(20)6-4-7-17(18)21/h4,6-7,15H,2-3,5,8-14H2,1H3,(H2,22,23,24). The van der Waals surface area contributed by atoms with Crippen molar-refractivity contribution in [3.63, 3.8) is 0 Å². The number of rotatable bonds is 6. The predicted octanol–water partition coefficient (Wildman–Crippen LogP) is 2.19. The summed E-state index contributed by atoms with van der Waals surface area (Å²) in [5.41, 5.74) is 0.0744. The van der Waals surface area contributed by atoms with E-state index in [4.69, 9.17) is 0 Å². The van der Waals surface area contributed by atoms with Crippen LogP contribution in [0.4, 0.5) is 14.5 Å². The highest BCUT2D eigenvalue weighted by Gasteiger charge is 2.27. The second-order valence-corrected chi connectivity index (χ2v) is 7.05. The minimum Gasteiger partial charge on any atom is -0.365 e. The highest BCUT2D eigenvalue weighted by Crippen LogP contribution is 2.26. The normalized spacial score (nSPS) is 21.4. The Bertz CT molecular complexity index is 596. The molecule has 1 aromatic rings. The maximum absolute atomic E-state index is 13.9. The summed E-state index contributed by atoms with van der Waals surface area (Å²) in [5.74, 6) is -0.252. The summed E-state index contributed by atoms with van der Waals surface area (Å²) < 4.78 is 27.9. The zero-order valence-electron chi connectivity index (χ0n) is 15.5. The highest BCUT2D eigenvalue weighted by molar-refractivity contribution is 5.80. The van der Waals surface area contributed by atoms with Gasteiger partial charge in [0.1, 0.15) is 17.3 Å². The van der Waals surface area contributed by atoms with Gasteiger partial charge in [-0.15, -0.1) is 0 Å². The van der Waals surface area contributed by atoms with E-state index in [2.05, 4.69) is 20.5 Å². The van der Waals surface area contributed by atoms with Gasteiger partial charge in [0.05, 0.1) is 0 Å². The SMILES string of the molecule is CN=C(NCCCN1CCCC1)NC1CCN(c2c(F)cccc2F)C1. The van der Waals surface area contributed by atoms with Crippen molar-refractivity contribution < 1.29 is 8.78 Å². The molecule has 2 aliphatic heterocycles. The molecule has 2 saturated heterocycles. The molecule has 2 fully saturated rings. The van der Waals surface area contributed by atoms with Gasteiger partial charge >= 0.3 is 0 Å². The van der Waals surface area contributed by atoms with Gasteiger partial charge in [-0.3, -0.25) is 4.99 Å². The van der Waals surface area contributed by atoms with E-state index >= 15 is 0 Å². The van der Waals surface area contributed by atoms with Gasteiger partial charge in [0.15, 0.2) is 5.96 Å². The van der Waals surface area contributed by atoms with Crippen LogP contribution in [0, 0.1) is 11.6 Å². The Hall–Kier alpha value is -1.89. The van der Waals surface area contributed by atoms with Crippen molar-refractivity contribution in [2.75, 3.05) is 51.2 Å². The Kier molecular flexibility index (Phi) is 6.66. The van der Waals surface area contributed by atoms with Crippen LogP contribution in [0.2, 0.25) is 0 Å². The lowest BCUT2D eigenvalue weighted by atomic mass is 10.2. The third-order valence-corrected chi connectivity index (χ3v) is 5.15. The lowest BCUT2D eigenvalue weighted by molar-refractivity contribution is 0.334. The van der Waals surface area contributed by atoms with Crippen molar-refractivity contribution in [3.8, 4) is 0 Å². The summed E-state index contributed by atoms with van der Waals surface area (Å²) in [6, 6.07) is 4.13. The van der Waals surface area contributed by atoms with Crippen LogP contribution in [-0.2, 0) is 0 Å². The smallest absolute Gasteiger partial charge is 0.191 e. The van der Waals surface area contributed by atoms with Crippen molar-refractivity contribution in [3.05, 3.63) is 29.8 Å². The fraction of sp³-hybridized carbons (Fsp3) is 0.632. The Morgan fingerprint density at radius 3 is 2.62 bits per heavy atom. The number of hydrogen-bond donors (Lipinski definition) is 2. The number of guanidine groups is 1. The average molecular weight is 365 g/mol. The number of nitrogens with one attached hydrogen (secondary N) is 2. The molecule has 2 N–H and O–H groups in total. The predicted molar refractivity (Wildman–Crippen MR) is 102 cm³/mol. The van der Waals surface area contributed by atoms with Gasteiger partial charge in [-0.05, 0) is 57.5 Å². The van der Waals surface area contributed by atoms with E-state index in [1.165, 1.54) is 44.1 Å². The van der Waals surface area contributed by atoms with Gasteiger partial charge < -0.3 is 20.4 Å². The van der Waals surface area contributed by atoms with Crippen LogP contribution in [0.25, 0.3) is 0 Å². The molecule has 0 spiro atoms. The molecule has 0 radical (unpaired) electrons. The molecular formula is C19H29F2N5. The lowest BCUT2D eigenvalue weighted by Crippen LogP contribution is -2.45. The summed E-state index contributed by atoms with van der Waals surface area (Å²) in [6.45, 7) is 5.62. The zero-order chi connectivity index (χ0) is 18.4. The topological polar surface area (TPSA) is 42.9 Å². The average Bonchev–Trinajstić information content (AvgIpc) is 3.29. The third kappa shape index (κ3) is 4.84. The monoisotopic (exact) mass is 365 g/mol. The molecular weight excluding hydrogens is 336 g/mol. The minimum atomic E-state index is -0.505. The number of halogens is 2. The molecule has 2 heterocycles. The summed E-state index contributed by atoms with van der Waals surface area (Å²) in [4.78, 5) is 8.53. The minimum absolute atomic E-state index is 0.0744. The number of hydrogen-bond acceptors (Lipinski definition) is 3. The van der Waals surface area contributed by atoms with Crippen LogP contribution >= 0.6 is 0 Å². The molecule has 1 aromatic carbocycles. The van der Waals surface area contributed by atoms with E-state index in [1.54, 1.807) is 11.9 Å². The summed E-state index contributed by atoms with van der Waals surface area (Å²) in [5, 5.41) is 6.71. The van der Waals surface area contributed by atoms with Gasteiger partial charge in [0.2, 0.25) is 0 Å². The van der Waals surface area contributed by atoms with Crippen molar-refractivity contribution in [1.29, 1.82) is 0 Å². The molecule has 7 heteroatoms. The third-order valence-electron chi connectivity index (χ3n) is 5.15.